The second-order valence-corrected chi connectivity index (χ2v) is 7.39. The van der Waals surface area contributed by atoms with Gasteiger partial charge in [-0.25, -0.2) is 0 Å². The number of nitrogens with zero attached hydrogens (tertiary/aromatic N) is 1. The number of amides is 2. The van der Waals surface area contributed by atoms with Gasteiger partial charge in [-0.15, -0.1) is 0 Å². The number of nitrogens with one attached hydrogen (secondary N) is 2. The lowest BCUT2D eigenvalue weighted by Gasteiger charge is -2.23. The minimum Gasteiger partial charge on any atom is -0.370 e. The van der Waals surface area contributed by atoms with Crippen molar-refractivity contribution in [1.29, 1.82) is 0 Å². The number of rotatable bonds is 11. The Morgan fingerprint density at radius 3 is 2.22 bits per heavy atom. The molecule has 27 heavy (non-hydrogen) atoms. The van der Waals surface area contributed by atoms with Gasteiger partial charge in [-0.2, -0.15) is 0 Å². The van der Waals surface area contributed by atoms with Gasteiger partial charge < -0.3 is 32.6 Å². The summed E-state index contributed by atoms with van der Waals surface area (Å²) in [6, 6.07) is -2.29. The average Bonchev–Trinajstić information content (AvgIpc) is 3.34. The molecule has 0 bridgehead atoms. The zero-order valence-corrected chi connectivity index (χ0v) is 16.5. The van der Waals surface area contributed by atoms with Gasteiger partial charge in [-0.05, 0) is 32.6 Å². The highest BCUT2D eigenvalue weighted by molar-refractivity contribution is 5.98. The predicted octanol–water partition coefficient (Wildman–Crippen LogP) is -1.63. The van der Waals surface area contributed by atoms with E-state index in [4.69, 9.17) is 21.9 Å². The Hall–Kier alpha value is -2.20. The summed E-state index contributed by atoms with van der Waals surface area (Å²) >= 11 is 0. The molecule has 4 atom stereocenters. The summed E-state index contributed by atoms with van der Waals surface area (Å²) in [5.74, 6) is -1.18. The van der Waals surface area contributed by atoms with E-state index in [1.165, 1.54) is 6.92 Å². The molecule has 1 rings (SSSR count). The number of ketones is 1. The Morgan fingerprint density at radius 1 is 1.15 bits per heavy atom. The molecule has 0 radical (unpaired) electrons. The fraction of sp³-hybridized carbons (Fsp3) is 0.765. The maximum Gasteiger partial charge on any atom is 0.242 e. The minimum atomic E-state index is -0.874. The van der Waals surface area contributed by atoms with E-state index in [9.17, 15) is 14.4 Å². The highest BCUT2D eigenvalue weighted by Crippen LogP contribution is 2.29. The molecular weight excluding hydrogens is 352 g/mol. The van der Waals surface area contributed by atoms with Gasteiger partial charge >= 0.3 is 0 Å². The maximum absolute atomic E-state index is 12.6. The molecule has 0 spiro atoms. The normalized spacial score (nSPS) is 21.7. The molecule has 0 aromatic rings. The minimum absolute atomic E-state index is 0.0303. The molecule has 1 saturated heterocycles. The van der Waals surface area contributed by atoms with Gasteiger partial charge in [-0.3, -0.25) is 19.4 Å². The fourth-order valence-corrected chi connectivity index (χ4v) is 2.37. The SMILES string of the molecule is CC(C)[C@H](N)C(=O)N[C@@H](C)C(=O)N[C@@H](CCCN=C(N)N)C(=O)[C@@]1(C)CO1. The third-order valence-electron chi connectivity index (χ3n) is 4.45. The Bertz CT molecular complexity index is 584. The van der Waals surface area contributed by atoms with E-state index in [2.05, 4.69) is 15.6 Å². The van der Waals surface area contributed by atoms with Crippen LogP contribution in [0.25, 0.3) is 0 Å². The number of carbonyl (C=O) groups excluding carboxylic acids is 3. The van der Waals surface area contributed by atoms with E-state index < -0.39 is 35.5 Å². The molecule has 1 aliphatic rings. The number of Topliss-reactive ketones (excluding diaryl/α,β-unsaturated/α-hetero) is 1. The summed E-state index contributed by atoms with van der Waals surface area (Å²) in [6.07, 6.45) is 0.857. The number of epoxide rings is 1. The number of nitrogens with two attached hydrogens (primary N) is 3. The zero-order chi connectivity index (χ0) is 20.8. The molecule has 1 heterocycles. The van der Waals surface area contributed by atoms with Crippen LogP contribution in [0.3, 0.4) is 0 Å². The third kappa shape index (κ3) is 7.14. The van der Waals surface area contributed by atoms with Crippen LogP contribution in [0, 0.1) is 5.92 Å². The Balaban J connectivity index is 2.67. The first-order chi connectivity index (χ1) is 12.5. The largest absolute Gasteiger partial charge is 0.370 e. The van der Waals surface area contributed by atoms with Gasteiger partial charge in [0.1, 0.15) is 11.6 Å². The first kappa shape index (κ1) is 22.8. The lowest BCUT2D eigenvalue weighted by Crippen LogP contribution is -2.55. The summed E-state index contributed by atoms with van der Waals surface area (Å²) in [5.41, 5.74) is 15.5. The standard InChI is InChI=1S/C17H32N6O4/c1-9(2)12(18)15(26)22-10(3)14(25)23-11(6-5-7-21-16(19)20)13(24)17(4)8-27-17/h9-12H,5-8,18H2,1-4H3,(H,22,26)(H,23,25)(H4,19,20,21)/t10-,11-,12-,17+/m0/s1. The van der Waals surface area contributed by atoms with Crippen molar-refractivity contribution in [2.75, 3.05) is 13.2 Å². The van der Waals surface area contributed by atoms with E-state index in [1.807, 2.05) is 13.8 Å². The smallest absolute Gasteiger partial charge is 0.242 e. The number of carbonyl (C=O) groups is 3. The summed E-state index contributed by atoms with van der Waals surface area (Å²) in [6.45, 7) is 7.51. The van der Waals surface area contributed by atoms with E-state index in [0.717, 1.165) is 0 Å². The van der Waals surface area contributed by atoms with Crippen LogP contribution in [0.2, 0.25) is 0 Å². The topological polar surface area (TPSA) is 178 Å². The van der Waals surface area contributed by atoms with Crippen LogP contribution in [-0.2, 0) is 19.1 Å². The van der Waals surface area contributed by atoms with Crippen molar-refractivity contribution in [2.45, 2.75) is 64.3 Å². The highest BCUT2D eigenvalue weighted by Gasteiger charge is 2.50. The van der Waals surface area contributed by atoms with Gasteiger partial charge in [0.2, 0.25) is 11.8 Å². The number of aliphatic imine (C=N–C) groups is 1. The molecule has 10 nitrogen and oxygen atoms in total. The second-order valence-electron chi connectivity index (χ2n) is 7.39. The molecule has 1 aliphatic heterocycles. The molecule has 0 aromatic carbocycles. The zero-order valence-electron chi connectivity index (χ0n) is 16.5. The Labute approximate surface area is 159 Å². The molecule has 10 heteroatoms. The number of guanidine groups is 1. The van der Waals surface area contributed by atoms with Crippen LogP contribution in [0.4, 0.5) is 0 Å². The van der Waals surface area contributed by atoms with E-state index >= 15 is 0 Å². The quantitative estimate of drug-likeness (QED) is 0.123. The molecule has 0 aromatic heterocycles. The van der Waals surface area contributed by atoms with E-state index in [0.29, 0.717) is 26.0 Å². The predicted molar refractivity (Wildman–Crippen MR) is 102 cm³/mol. The van der Waals surface area contributed by atoms with Crippen LogP contribution in [0.15, 0.2) is 4.99 Å². The average molecular weight is 384 g/mol. The summed E-state index contributed by atoms with van der Waals surface area (Å²) in [5, 5.41) is 5.26. The van der Waals surface area contributed by atoms with Gasteiger partial charge in [-0.1, -0.05) is 13.8 Å². The lowest BCUT2D eigenvalue weighted by atomic mass is 9.96. The van der Waals surface area contributed by atoms with Crippen LogP contribution >= 0.6 is 0 Å². The first-order valence-corrected chi connectivity index (χ1v) is 9.08. The van der Waals surface area contributed by atoms with Crippen molar-refractivity contribution in [3.63, 3.8) is 0 Å². The van der Waals surface area contributed by atoms with Crippen molar-refractivity contribution in [3.05, 3.63) is 0 Å². The lowest BCUT2D eigenvalue weighted by molar-refractivity contribution is -0.133. The van der Waals surface area contributed by atoms with Crippen LogP contribution in [-0.4, -0.2) is 60.4 Å². The molecule has 2 amide bonds. The molecule has 8 N–H and O–H groups in total. The molecule has 0 saturated carbocycles. The third-order valence-corrected chi connectivity index (χ3v) is 4.45. The summed E-state index contributed by atoms with van der Waals surface area (Å²) in [7, 11) is 0. The molecule has 1 fully saturated rings. The van der Waals surface area contributed by atoms with Gasteiger partial charge in [0, 0.05) is 6.54 Å². The highest BCUT2D eigenvalue weighted by atomic mass is 16.6. The van der Waals surface area contributed by atoms with E-state index in [1.54, 1.807) is 6.92 Å². The Morgan fingerprint density at radius 2 is 1.74 bits per heavy atom. The number of hydrogen-bond donors (Lipinski definition) is 5. The second kappa shape index (κ2) is 9.65. The Kier molecular flexibility index (Phi) is 8.17. The molecule has 154 valence electrons. The van der Waals surface area contributed by atoms with Crippen molar-refractivity contribution >= 4 is 23.6 Å². The van der Waals surface area contributed by atoms with Crippen molar-refractivity contribution in [2.24, 2.45) is 28.1 Å². The van der Waals surface area contributed by atoms with Gasteiger partial charge in [0.05, 0.1) is 18.7 Å². The van der Waals surface area contributed by atoms with E-state index in [-0.39, 0.29) is 17.7 Å². The molecule has 0 unspecified atom stereocenters. The summed E-state index contributed by atoms with van der Waals surface area (Å²) in [4.78, 5) is 40.9. The molecular formula is C17H32N6O4. The van der Waals surface area contributed by atoms with Gasteiger partial charge in [0.25, 0.3) is 0 Å². The van der Waals surface area contributed by atoms with Crippen LogP contribution in [0.5, 0.6) is 0 Å². The monoisotopic (exact) mass is 384 g/mol. The van der Waals surface area contributed by atoms with Crippen molar-refractivity contribution in [1.82, 2.24) is 10.6 Å². The number of hydrogen-bond acceptors (Lipinski definition) is 6. The first-order valence-electron chi connectivity index (χ1n) is 9.08. The van der Waals surface area contributed by atoms with Crippen molar-refractivity contribution in [3.8, 4) is 0 Å². The fourth-order valence-electron chi connectivity index (χ4n) is 2.37. The number of ether oxygens (including phenoxy) is 1. The maximum atomic E-state index is 12.6. The molecule has 0 aliphatic carbocycles. The summed E-state index contributed by atoms with van der Waals surface area (Å²) < 4.78 is 5.19. The van der Waals surface area contributed by atoms with Crippen LogP contribution < -0.4 is 27.8 Å². The van der Waals surface area contributed by atoms with Gasteiger partial charge in [0.15, 0.2) is 11.7 Å². The van der Waals surface area contributed by atoms with Crippen LogP contribution in [0.1, 0.15) is 40.5 Å². The van der Waals surface area contributed by atoms with Crippen molar-refractivity contribution < 1.29 is 19.1 Å².